The quantitative estimate of drug-likeness (QED) is 0.662. The Morgan fingerprint density at radius 2 is 2.33 bits per heavy atom. The van der Waals surface area contributed by atoms with Crippen molar-refractivity contribution in [3.63, 3.8) is 0 Å². The van der Waals surface area contributed by atoms with Crippen molar-refractivity contribution in [2.45, 2.75) is 18.9 Å². The SMILES string of the molecule is CN1CC(CNC(=O)C2=NNC(=O)CC2)OC1=O. The number of hydrogen-bond acceptors (Lipinski definition) is 5. The monoisotopic (exact) mass is 254 g/mol. The van der Waals surface area contributed by atoms with E-state index in [-0.39, 0.29) is 36.6 Å². The van der Waals surface area contributed by atoms with Crippen LogP contribution in [0.5, 0.6) is 0 Å². The fraction of sp³-hybridized carbons (Fsp3) is 0.600. The predicted octanol–water partition coefficient (Wildman–Crippen LogP) is -1.18. The predicted molar refractivity (Wildman–Crippen MR) is 60.7 cm³/mol. The van der Waals surface area contributed by atoms with Gasteiger partial charge in [-0.05, 0) is 0 Å². The molecule has 0 saturated carbocycles. The van der Waals surface area contributed by atoms with E-state index in [2.05, 4.69) is 15.8 Å². The number of cyclic esters (lactones) is 1. The lowest BCUT2D eigenvalue weighted by Crippen LogP contribution is -2.40. The summed E-state index contributed by atoms with van der Waals surface area (Å²) < 4.78 is 4.99. The van der Waals surface area contributed by atoms with Crippen LogP contribution < -0.4 is 10.7 Å². The molecule has 8 heteroatoms. The topological polar surface area (TPSA) is 100 Å². The highest BCUT2D eigenvalue weighted by molar-refractivity contribution is 6.39. The summed E-state index contributed by atoms with van der Waals surface area (Å²) in [6.07, 6.45) is -0.156. The molecule has 8 nitrogen and oxygen atoms in total. The first-order valence-electron chi connectivity index (χ1n) is 5.61. The molecule has 0 spiro atoms. The average Bonchev–Trinajstić information content (AvgIpc) is 2.67. The molecule has 0 aromatic carbocycles. The zero-order valence-electron chi connectivity index (χ0n) is 9.93. The Kier molecular flexibility index (Phi) is 3.45. The zero-order valence-corrected chi connectivity index (χ0v) is 9.93. The second-order valence-electron chi connectivity index (χ2n) is 4.19. The second-order valence-corrected chi connectivity index (χ2v) is 4.19. The molecular weight excluding hydrogens is 240 g/mol. The van der Waals surface area contributed by atoms with Crippen LogP contribution in [0.2, 0.25) is 0 Å². The van der Waals surface area contributed by atoms with Crippen molar-refractivity contribution in [2.24, 2.45) is 5.10 Å². The van der Waals surface area contributed by atoms with Crippen LogP contribution in [-0.4, -0.2) is 54.8 Å². The molecule has 2 heterocycles. The summed E-state index contributed by atoms with van der Waals surface area (Å²) in [6.45, 7) is 0.685. The van der Waals surface area contributed by atoms with Gasteiger partial charge in [-0.2, -0.15) is 5.10 Å². The number of carbonyl (C=O) groups is 3. The van der Waals surface area contributed by atoms with Crippen LogP contribution >= 0.6 is 0 Å². The normalized spacial score (nSPS) is 23.3. The molecule has 0 aromatic heterocycles. The standard InChI is InChI=1S/C10H14N4O4/c1-14-5-6(18-10(14)17)4-11-9(16)7-2-3-8(15)13-12-7/h6H,2-5H2,1H3,(H,11,16)(H,13,15). The van der Waals surface area contributed by atoms with E-state index in [4.69, 9.17) is 4.74 Å². The van der Waals surface area contributed by atoms with Gasteiger partial charge in [0.2, 0.25) is 5.91 Å². The molecular formula is C10H14N4O4. The number of nitrogens with zero attached hydrogens (tertiary/aromatic N) is 2. The van der Waals surface area contributed by atoms with Gasteiger partial charge in [0.15, 0.2) is 0 Å². The minimum Gasteiger partial charge on any atom is -0.442 e. The lowest BCUT2D eigenvalue weighted by Gasteiger charge is -2.13. The van der Waals surface area contributed by atoms with E-state index in [1.165, 1.54) is 4.90 Å². The summed E-state index contributed by atoms with van der Waals surface area (Å²) >= 11 is 0. The third kappa shape index (κ3) is 2.76. The summed E-state index contributed by atoms with van der Waals surface area (Å²) in [5, 5.41) is 6.30. The number of hydrogen-bond donors (Lipinski definition) is 2. The van der Waals surface area contributed by atoms with E-state index >= 15 is 0 Å². The molecule has 2 N–H and O–H groups in total. The number of rotatable bonds is 3. The van der Waals surface area contributed by atoms with Crippen molar-refractivity contribution in [3.05, 3.63) is 0 Å². The number of ether oxygens (including phenoxy) is 1. The molecule has 18 heavy (non-hydrogen) atoms. The Balaban J connectivity index is 1.79. The Labute approximate surface area is 103 Å². The molecule has 0 bridgehead atoms. The molecule has 0 aromatic rings. The van der Waals surface area contributed by atoms with E-state index in [9.17, 15) is 14.4 Å². The van der Waals surface area contributed by atoms with Gasteiger partial charge in [-0.15, -0.1) is 0 Å². The minimum atomic E-state index is -0.392. The molecule has 3 amide bonds. The van der Waals surface area contributed by atoms with Crippen LogP contribution in [0.15, 0.2) is 5.10 Å². The Morgan fingerprint density at radius 3 is 2.89 bits per heavy atom. The van der Waals surface area contributed by atoms with Crippen LogP contribution in [0.4, 0.5) is 4.79 Å². The molecule has 0 radical (unpaired) electrons. The van der Waals surface area contributed by atoms with Gasteiger partial charge in [0, 0.05) is 19.9 Å². The zero-order chi connectivity index (χ0) is 13.1. The van der Waals surface area contributed by atoms with Crippen LogP contribution in [0.3, 0.4) is 0 Å². The highest BCUT2D eigenvalue weighted by Gasteiger charge is 2.29. The maximum atomic E-state index is 11.7. The van der Waals surface area contributed by atoms with Gasteiger partial charge in [0.1, 0.15) is 11.8 Å². The molecule has 2 rings (SSSR count). The maximum absolute atomic E-state index is 11.7. The summed E-state index contributed by atoms with van der Waals surface area (Å²) in [5.74, 6) is -0.543. The molecule has 98 valence electrons. The first-order valence-corrected chi connectivity index (χ1v) is 5.61. The molecule has 2 aliphatic rings. The highest BCUT2D eigenvalue weighted by atomic mass is 16.6. The summed E-state index contributed by atoms with van der Waals surface area (Å²) in [4.78, 5) is 35.1. The van der Waals surface area contributed by atoms with Crippen molar-refractivity contribution >= 4 is 23.6 Å². The fourth-order valence-electron chi connectivity index (χ4n) is 1.70. The van der Waals surface area contributed by atoms with E-state index < -0.39 is 6.09 Å². The van der Waals surface area contributed by atoms with Crippen molar-refractivity contribution in [2.75, 3.05) is 20.1 Å². The van der Waals surface area contributed by atoms with E-state index in [0.29, 0.717) is 13.0 Å². The van der Waals surface area contributed by atoms with Crippen LogP contribution in [0.25, 0.3) is 0 Å². The fourth-order valence-corrected chi connectivity index (χ4v) is 1.70. The molecule has 2 aliphatic heterocycles. The largest absolute Gasteiger partial charge is 0.442 e. The van der Waals surface area contributed by atoms with Gasteiger partial charge in [0.25, 0.3) is 5.91 Å². The number of likely N-dealkylation sites (N-methyl/N-ethyl adjacent to an activating group) is 1. The van der Waals surface area contributed by atoms with Crippen LogP contribution in [0, 0.1) is 0 Å². The molecule has 1 unspecified atom stereocenters. The third-order valence-corrected chi connectivity index (χ3v) is 2.71. The first kappa shape index (κ1) is 12.3. The molecule has 1 fully saturated rings. The second kappa shape index (κ2) is 5.03. The van der Waals surface area contributed by atoms with Crippen LogP contribution in [-0.2, 0) is 14.3 Å². The Hall–Kier alpha value is -2.12. The Morgan fingerprint density at radius 1 is 1.56 bits per heavy atom. The van der Waals surface area contributed by atoms with Crippen molar-refractivity contribution in [1.82, 2.24) is 15.6 Å². The highest BCUT2D eigenvalue weighted by Crippen LogP contribution is 2.07. The van der Waals surface area contributed by atoms with Gasteiger partial charge >= 0.3 is 6.09 Å². The number of nitrogens with one attached hydrogen (secondary N) is 2. The Bertz CT molecular complexity index is 420. The van der Waals surface area contributed by atoms with Crippen molar-refractivity contribution < 1.29 is 19.1 Å². The smallest absolute Gasteiger partial charge is 0.410 e. The summed E-state index contributed by atoms with van der Waals surface area (Å²) in [7, 11) is 1.63. The number of hydrazone groups is 1. The van der Waals surface area contributed by atoms with E-state index in [1.807, 2.05) is 0 Å². The lowest BCUT2D eigenvalue weighted by molar-refractivity contribution is -0.121. The first-order chi connectivity index (χ1) is 8.56. The summed E-state index contributed by atoms with van der Waals surface area (Å²) in [6, 6.07) is 0. The van der Waals surface area contributed by atoms with Crippen molar-refractivity contribution in [1.29, 1.82) is 0 Å². The average molecular weight is 254 g/mol. The minimum absolute atomic E-state index is 0.196. The van der Waals surface area contributed by atoms with Crippen LogP contribution in [0.1, 0.15) is 12.8 Å². The maximum Gasteiger partial charge on any atom is 0.410 e. The molecule has 1 atom stereocenters. The van der Waals surface area contributed by atoms with Gasteiger partial charge in [-0.1, -0.05) is 0 Å². The van der Waals surface area contributed by atoms with Gasteiger partial charge in [0.05, 0.1) is 13.1 Å². The number of amides is 3. The van der Waals surface area contributed by atoms with Gasteiger partial charge in [-0.25, -0.2) is 10.2 Å². The summed E-state index contributed by atoms with van der Waals surface area (Å²) in [5.41, 5.74) is 2.53. The van der Waals surface area contributed by atoms with Gasteiger partial charge in [-0.3, -0.25) is 9.59 Å². The third-order valence-electron chi connectivity index (χ3n) is 2.71. The van der Waals surface area contributed by atoms with E-state index in [0.717, 1.165) is 0 Å². The number of carbonyl (C=O) groups excluding carboxylic acids is 3. The lowest BCUT2D eigenvalue weighted by atomic mass is 10.1. The molecule has 1 saturated heterocycles. The van der Waals surface area contributed by atoms with Gasteiger partial charge < -0.3 is 15.0 Å². The molecule has 0 aliphatic carbocycles. The van der Waals surface area contributed by atoms with Crippen molar-refractivity contribution in [3.8, 4) is 0 Å². The van der Waals surface area contributed by atoms with E-state index in [1.54, 1.807) is 7.05 Å².